The van der Waals surface area contributed by atoms with Crippen LogP contribution in [0.4, 0.5) is 5.82 Å². The zero-order valence-electron chi connectivity index (χ0n) is 11.6. The Morgan fingerprint density at radius 1 is 1.47 bits per heavy atom. The van der Waals surface area contributed by atoms with E-state index in [4.69, 9.17) is 0 Å². The quantitative estimate of drug-likeness (QED) is 0.895. The number of pyridine rings is 1. The molecule has 0 aromatic carbocycles. The van der Waals surface area contributed by atoms with Crippen LogP contribution < -0.4 is 10.2 Å². The number of rotatable bonds is 5. The first-order valence-electron chi connectivity index (χ1n) is 7.40. The normalized spacial score (nSPS) is 23.6. The summed E-state index contributed by atoms with van der Waals surface area (Å²) in [6.45, 7) is 5.55. The van der Waals surface area contributed by atoms with Crippen molar-refractivity contribution in [3.63, 3.8) is 0 Å². The van der Waals surface area contributed by atoms with E-state index in [-0.39, 0.29) is 0 Å². The molecule has 1 atom stereocenters. The van der Waals surface area contributed by atoms with Gasteiger partial charge in [0.15, 0.2) is 0 Å². The Labute approximate surface area is 120 Å². The van der Waals surface area contributed by atoms with Gasteiger partial charge in [-0.1, -0.05) is 6.92 Å². The van der Waals surface area contributed by atoms with Gasteiger partial charge in [-0.3, -0.25) is 0 Å². The molecule has 1 aliphatic heterocycles. The summed E-state index contributed by atoms with van der Waals surface area (Å²) < 4.78 is 0. The van der Waals surface area contributed by atoms with Gasteiger partial charge in [0.25, 0.3) is 0 Å². The smallest absolute Gasteiger partial charge is 0.128 e. The minimum absolute atomic E-state index is 0.767. The van der Waals surface area contributed by atoms with E-state index < -0.39 is 0 Å². The second kappa shape index (κ2) is 6.14. The van der Waals surface area contributed by atoms with E-state index in [0.717, 1.165) is 36.7 Å². The molecular weight excluding hydrogens is 254 g/mol. The molecule has 1 aromatic heterocycles. The maximum Gasteiger partial charge on any atom is 0.128 e. The highest BCUT2D eigenvalue weighted by Crippen LogP contribution is 2.25. The van der Waals surface area contributed by atoms with Crippen LogP contribution in [0.15, 0.2) is 18.3 Å². The van der Waals surface area contributed by atoms with E-state index in [2.05, 4.69) is 46.0 Å². The molecule has 19 heavy (non-hydrogen) atoms. The summed E-state index contributed by atoms with van der Waals surface area (Å²) >= 11 is 2.11. The summed E-state index contributed by atoms with van der Waals surface area (Å²) in [4.78, 5) is 7.01. The van der Waals surface area contributed by atoms with Crippen LogP contribution in [0.25, 0.3) is 0 Å². The third-order valence-corrected chi connectivity index (χ3v) is 5.27. The molecule has 1 unspecified atom stereocenters. The predicted molar refractivity (Wildman–Crippen MR) is 82.8 cm³/mol. The number of hydrogen-bond acceptors (Lipinski definition) is 4. The van der Waals surface area contributed by atoms with E-state index in [1.54, 1.807) is 0 Å². The SMILES string of the molecule is CCC1CN(c2cc(CNC3CC3)ccn2)CCS1. The zero-order valence-corrected chi connectivity index (χ0v) is 12.5. The second-order valence-corrected chi connectivity index (χ2v) is 6.93. The molecule has 1 saturated carbocycles. The highest BCUT2D eigenvalue weighted by Gasteiger charge is 2.21. The maximum atomic E-state index is 4.56. The Morgan fingerprint density at radius 2 is 2.37 bits per heavy atom. The largest absolute Gasteiger partial charge is 0.355 e. The molecule has 0 amide bonds. The molecule has 0 spiro atoms. The first kappa shape index (κ1) is 13.3. The first-order valence-corrected chi connectivity index (χ1v) is 8.45. The fourth-order valence-corrected chi connectivity index (χ4v) is 3.65. The number of hydrogen-bond donors (Lipinski definition) is 1. The van der Waals surface area contributed by atoms with Crippen LogP contribution in [-0.4, -0.2) is 35.1 Å². The molecule has 3 rings (SSSR count). The van der Waals surface area contributed by atoms with Crippen LogP contribution >= 0.6 is 11.8 Å². The van der Waals surface area contributed by atoms with Gasteiger partial charge in [0.1, 0.15) is 5.82 Å². The summed E-state index contributed by atoms with van der Waals surface area (Å²) in [5.74, 6) is 2.39. The Morgan fingerprint density at radius 3 is 3.16 bits per heavy atom. The lowest BCUT2D eigenvalue weighted by molar-refractivity contribution is 0.684. The summed E-state index contributed by atoms with van der Waals surface area (Å²) in [7, 11) is 0. The average Bonchev–Trinajstić information content (AvgIpc) is 3.30. The monoisotopic (exact) mass is 277 g/mol. The molecule has 1 aromatic rings. The Balaban J connectivity index is 1.63. The molecule has 104 valence electrons. The van der Waals surface area contributed by atoms with Crippen molar-refractivity contribution >= 4 is 17.6 Å². The van der Waals surface area contributed by atoms with Crippen molar-refractivity contribution in [3.05, 3.63) is 23.9 Å². The molecule has 2 fully saturated rings. The predicted octanol–water partition coefficient (Wildman–Crippen LogP) is 2.67. The summed E-state index contributed by atoms with van der Waals surface area (Å²) in [5, 5.41) is 4.34. The van der Waals surface area contributed by atoms with Gasteiger partial charge in [-0.2, -0.15) is 11.8 Å². The Hall–Kier alpha value is -0.740. The van der Waals surface area contributed by atoms with Gasteiger partial charge in [-0.15, -0.1) is 0 Å². The highest BCUT2D eigenvalue weighted by atomic mass is 32.2. The molecule has 1 saturated heterocycles. The van der Waals surface area contributed by atoms with Gasteiger partial charge in [-0.25, -0.2) is 4.98 Å². The number of nitrogens with zero attached hydrogens (tertiary/aromatic N) is 2. The fourth-order valence-electron chi connectivity index (χ4n) is 2.47. The van der Waals surface area contributed by atoms with Crippen molar-refractivity contribution in [3.8, 4) is 0 Å². The number of aromatic nitrogens is 1. The van der Waals surface area contributed by atoms with Gasteiger partial charge < -0.3 is 10.2 Å². The minimum Gasteiger partial charge on any atom is -0.355 e. The van der Waals surface area contributed by atoms with Crippen molar-refractivity contribution in [1.29, 1.82) is 0 Å². The van der Waals surface area contributed by atoms with Gasteiger partial charge in [0.05, 0.1) is 0 Å². The third kappa shape index (κ3) is 3.63. The van der Waals surface area contributed by atoms with Crippen molar-refractivity contribution in [1.82, 2.24) is 10.3 Å². The van der Waals surface area contributed by atoms with Crippen molar-refractivity contribution in [2.45, 2.75) is 44.0 Å². The zero-order chi connectivity index (χ0) is 13.1. The summed E-state index contributed by atoms with van der Waals surface area (Å²) in [5.41, 5.74) is 1.36. The average molecular weight is 277 g/mol. The van der Waals surface area contributed by atoms with Crippen LogP contribution in [0.3, 0.4) is 0 Å². The van der Waals surface area contributed by atoms with E-state index in [1.807, 2.05) is 6.20 Å². The van der Waals surface area contributed by atoms with Gasteiger partial charge >= 0.3 is 0 Å². The first-order chi connectivity index (χ1) is 9.35. The van der Waals surface area contributed by atoms with Crippen molar-refractivity contribution in [2.24, 2.45) is 0 Å². The lowest BCUT2D eigenvalue weighted by atomic mass is 10.2. The molecule has 3 nitrogen and oxygen atoms in total. The van der Waals surface area contributed by atoms with Gasteiger partial charge in [0.2, 0.25) is 0 Å². The second-order valence-electron chi connectivity index (χ2n) is 5.52. The number of anilines is 1. The number of thioether (sulfide) groups is 1. The van der Waals surface area contributed by atoms with Crippen molar-refractivity contribution in [2.75, 3.05) is 23.7 Å². The Bertz CT molecular complexity index is 420. The van der Waals surface area contributed by atoms with Crippen LogP contribution in [-0.2, 0) is 6.54 Å². The standard InChI is InChI=1S/C15H23N3S/c1-2-14-11-18(7-8-19-14)15-9-12(5-6-16-15)10-17-13-3-4-13/h5-6,9,13-14,17H,2-4,7-8,10-11H2,1H3. The highest BCUT2D eigenvalue weighted by molar-refractivity contribution is 8.00. The fraction of sp³-hybridized carbons (Fsp3) is 0.667. The third-order valence-electron chi connectivity index (χ3n) is 3.90. The molecule has 2 heterocycles. The lowest BCUT2D eigenvalue weighted by Crippen LogP contribution is -2.38. The lowest BCUT2D eigenvalue weighted by Gasteiger charge is -2.33. The molecule has 4 heteroatoms. The minimum atomic E-state index is 0.767. The Kier molecular flexibility index (Phi) is 4.28. The molecular formula is C15H23N3S. The van der Waals surface area contributed by atoms with Crippen LogP contribution in [0.2, 0.25) is 0 Å². The molecule has 1 aliphatic carbocycles. The van der Waals surface area contributed by atoms with Crippen LogP contribution in [0, 0.1) is 0 Å². The maximum absolute atomic E-state index is 4.56. The van der Waals surface area contributed by atoms with Crippen molar-refractivity contribution < 1.29 is 0 Å². The molecule has 0 bridgehead atoms. The number of nitrogens with one attached hydrogen (secondary N) is 1. The summed E-state index contributed by atoms with van der Waals surface area (Å²) in [6, 6.07) is 5.17. The summed E-state index contributed by atoms with van der Waals surface area (Å²) in [6.07, 6.45) is 5.91. The van der Waals surface area contributed by atoms with E-state index in [1.165, 1.54) is 30.6 Å². The van der Waals surface area contributed by atoms with Gasteiger partial charge in [0, 0.05) is 42.9 Å². The van der Waals surface area contributed by atoms with Crippen LogP contribution in [0.1, 0.15) is 31.7 Å². The molecule has 2 aliphatic rings. The van der Waals surface area contributed by atoms with E-state index in [9.17, 15) is 0 Å². The van der Waals surface area contributed by atoms with Gasteiger partial charge in [-0.05, 0) is 37.0 Å². The molecule has 1 N–H and O–H groups in total. The van der Waals surface area contributed by atoms with Crippen LogP contribution in [0.5, 0.6) is 0 Å². The van der Waals surface area contributed by atoms with E-state index in [0.29, 0.717) is 0 Å². The topological polar surface area (TPSA) is 28.2 Å². The van der Waals surface area contributed by atoms with E-state index >= 15 is 0 Å². The molecule has 0 radical (unpaired) electrons.